The lowest BCUT2D eigenvalue weighted by molar-refractivity contribution is 0.251. The molecule has 0 aliphatic carbocycles. The maximum Gasteiger partial charge on any atom is 0.319 e. The highest BCUT2D eigenvalue weighted by Crippen LogP contribution is 2.14. The van der Waals surface area contributed by atoms with E-state index in [2.05, 4.69) is 10.6 Å². The predicted molar refractivity (Wildman–Crippen MR) is 81.3 cm³/mol. The van der Waals surface area contributed by atoms with Gasteiger partial charge in [0, 0.05) is 23.8 Å². The summed E-state index contributed by atoms with van der Waals surface area (Å²) in [5.41, 5.74) is 7.85. The predicted octanol–water partition coefficient (Wildman–Crippen LogP) is 3.17. The van der Waals surface area contributed by atoms with Gasteiger partial charge in [-0.15, -0.1) is 0 Å². The molecule has 5 heteroatoms. The highest BCUT2D eigenvalue weighted by Gasteiger charge is 2.05. The lowest BCUT2D eigenvalue weighted by atomic mass is 10.1. The molecule has 0 bridgehead atoms. The van der Waals surface area contributed by atoms with Gasteiger partial charge in [-0.3, -0.25) is 0 Å². The smallest absolute Gasteiger partial charge is 0.319 e. The second-order valence-corrected chi connectivity index (χ2v) is 4.81. The van der Waals surface area contributed by atoms with Gasteiger partial charge in [-0.1, -0.05) is 30.3 Å². The maximum atomic E-state index is 13.4. The molecular formula is C16H18FN3O. The molecule has 2 aromatic rings. The van der Waals surface area contributed by atoms with E-state index in [0.29, 0.717) is 11.3 Å². The molecule has 0 saturated carbocycles. The van der Waals surface area contributed by atoms with Gasteiger partial charge >= 0.3 is 6.03 Å². The van der Waals surface area contributed by atoms with E-state index >= 15 is 0 Å². The minimum Gasteiger partial charge on any atom is -0.334 e. The van der Waals surface area contributed by atoms with Crippen molar-refractivity contribution >= 4 is 11.7 Å². The van der Waals surface area contributed by atoms with E-state index in [0.717, 1.165) is 5.56 Å². The molecule has 110 valence electrons. The lowest BCUT2D eigenvalue weighted by Gasteiger charge is -2.10. The van der Waals surface area contributed by atoms with E-state index in [9.17, 15) is 9.18 Å². The van der Waals surface area contributed by atoms with Gasteiger partial charge in [0.25, 0.3) is 0 Å². The molecule has 0 heterocycles. The van der Waals surface area contributed by atoms with Crippen molar-refractivity contribution in [3.05, 3.63) is 65.5 Å². The summed E-state index contributed by atoms with van der Waals surface area (Å²) in [5, 5.41) is 5.30. The summed E-state index contributed by atoms with van der Waals surface area (Å²) in [6, 6.07) is 13.2. The van der Waals surface area contributed by atoms with E-state index < -0.39 is 0 Å². The second kappa shape index (κ2) is 6.85. The summed E-state index contributed by atoms with van der Waals surface area (Å²) in [4.78, 5) is 11.7. The number of rotatable bonds is 4. The van der Waals surface area contributed by atoms with Gasteiger partial charge in [-0.2, -0.15) is 0 Å². The molecule has 0 radical (unpaired) electrons. The van der Waals surface area contributed by atoms with Crippen molar-refractivity contribution in [2.75, 3.05) is 5.32 Å². The Morgan fingerprint density at radius 3 is 2.48 bits per heavy atom. The number of carbonyl (C=O) groups excluding carboxylic acids is 1. The number of hydrogen-bond acceptors (Lipinski definition) is 2. The summed E-state index contributed by atoms with van der Waals surface area (Å²) in [6.07, 6.45) is 0. The minimum atomic E-state index is -0.383. The average Bonchev–Trinajstić information content (AvgIpc) is 2.47. The van der Waals surface area contributed by atoms with Crippen LogP contribution in [-0.2, 0) is 6.54 Å². The van der Waals surface area contributed by atoms with E-state index in [1.54, 1.807) is 30.3 Å². The van der Waals surface area contributed by atoms with Crippen molar-refractivity contribution in [1.29, 1.82) is 0 Å². The van der Waals surface area contributed by atoms with Crippen LogP contribution in [0.1, 0.15) is 24.1 Å². The molecule has 2 rings (SSSR count). The van der Waals surface area contributed by atoms with Crippen LogP contribution < -0.4 is 16.4 Å². The molecule has 0 spiro atoms. The molecule has 0 aliphatic rings. The third-order valence-corrected chi connectivity index (χ3v) is 3.09. The summed E-state index contributed by atoms with van der Waals surface area (Å²) < 4.78 is 13.4. The summed E-state index contributed by atoms with van der Waals surface area (Å²) >= 11 is 0. The topological polar surface area (TPSA) is 67.1 Å². The molecule has 2 amide bonds. The maximum absolute atomic E-state index is 13.4. The number of halogens is 1. The van der Waals surface area contributed by atoms with Gasteiger partial charge in [0.15, 0.2) is 0 Å². The van der Waals surface area contributed by atoms with Gasteiger partial charge in [-0.25, -0.2) is 9.18 Å². The van der Waals surface area contributed by atoms with Crippen LogP contribution in [0.5, 0.6) is 0 Å². The van der Waals surface area contributed by atoms with E-state index in [-0.39, 0.29) is 24.4 Å². The van der Waals surface area contributed by atoms with Crippen molar-refractivity contribution in [2.24, 2.45) is 5.73 Å². The average molecular weight is 287 g/mol. The zero-order chi connectivity index (χ0) is 15.2. The third-order valence-electron chi connectivity index (χ3n) is 3.09. The number of amides is 2. The van der Waals surface area contributed by atoms with Crippen LogP contribution in [0.3, 0.4) is 0 Å². The first kappa shape index (κ1) is 15.0. The number of benzene rings is 2. The summed E-state index contributed by atoms with van der Waals surface area (Å²) in [7, 11) is 0. The fraction of sp³-hybridized carbons (Fsp3) is 0.188. The zero-order valence-corrected chi connectivity index (χ0v) is 11.8. The van der Waals surface area contributed by atoms with E-state index in [1.165, 1.54) is 6.07 Å². The van der Waals surface area contributed by atoms with Gasteiger partial charge in [0.1, 0.15) is 5.82 Å². The summed E-state index contributed by atoms with van der Waals surface area (Å²) in [5.74, 6) is -0.334. The molecular weight excluding hydrogens is 269 g/mol. The van der Waals surface area contributed by atoms with Crippen LogP contribution in [0.4, 0.5) is 14.9 Å². The number of nitrogens with one attached hydrogen (secondary N) is 2. The number of nitrogens with two attached hydrogens (primary N) is 1. The number of hydrogen-bond donors (Lipinski definition) is 3. The molecule has 4 nitrogen and oxygen atoms in total. The third kappa shape index (κ3) is 4.29. The van der Waals surface area contributed by atoms with Crippen molar-refractivity contribution in [3.8, 4) is 0 Å². The first-order valence-electron chi connectivity index (χ1n) is 6.70. The molecule has 0 aliphatic heterocycles. The van der Waals surface area contributed by atoms with Crippen LogP contribution in [-0.4, -0.2) is 6.03 Å². The number of urea groups is 1. The second-order valence-electron chi connectivity index (χ2n) is 4.81. The Morgan fingerprint density at radius 2 is 1.86 bits per heavy atom. The fourth-order valence-corrected chi connectivity index (χ4v) is 1.86. The van der Waals surface area contributed by atoms with Crippen LogP contribution >= 0.6 is 0 Å². The largest absolute Gasteiger partial charge is 0.334 e. The fourth-order valence-electron chi connectivity index (χ4n) is 1.86. The highest BCUT2D eigenvalue weighted by atomic mass is 19.1. The minimum absolute atomic E-state index is 0.0473. The van der Waals surface area contributed by atoms with Gasteiger partial charge < -0.3 is 16.4 Å². The van der Waals surface area contributed by atoms with E-state index in [1.807, 2.05) is 19.1 Å². The van der Waals surface area contributed by atoms with Crippen molar-refractivity contribution < 1.29 is 9.18 Å². The Hall–Kier alpha value is -2.40. The molecule has 2 aromatic carbocycles. The monoisotopic (exact) mass is 287 g/mol. The van der Waals surface area contributed by atoms with Crippen LogP contribution in [0.2, 0.25) is 0 Å². The van der Waals surface area contributed by atoms with Crippen LogP contribution in [0.25, 0.3) is 0 Å². The Balaban J connectivity index is 1.88. The quantitative estimate of drug-likeness (QED) is 0.808. The Labute approximate surface area is 123 Å². The van der Waals surface area contributed by atoms with Crippen LogP contribution in [0.15, 0.2) is 48.5 Å². The molecule has 0 aromatic heterocycles. The molecule has 21 heavy (non-hydrogen) atoms. The highest BCUT2D eigenvalue weighted by molar-refractivity contribution is 5.89. The Bertz CT molecular complexity index is 611. The van der Waals surface area contributed by atoms with Crippen LogP contribution in [0, 0.1) is 5.82 Å². The summed E-state index contributed by atoms with van der Waals surface area (Å²) in [6.45, 7) is 2.03. The number of carbonyl (C=O) groups is 1. The van der Waals surface area contributed by atoms with Gasteiger partial charge in [0.2, 0.25) is 0 Å². The molecule has 1 atom stereocenters. The Morgan fingerprint density at radius 1 is 1.19 bits per heavy atom. The number of anilines is 1. The standard InChI is InChI=1S/C16H18FN3O/c1-11(18)12-6-8-14(9-7-12)20-16(21)19-10-13-4-2-3-5-15(13)17/h2-9,11H,10,18H2,1H3,(H2,19,20,21). The normalized spacial score (nSPS) is 11.8. The van der Waals surface area contributed by atoms with Crippen molar-refractivity contribution in [2.45, 2.75) is 19.5 Å². The Kier molecular flexibility index (Phi) is 4.90. The van der Waals surface area contributed by atoms with Crippen molar-refractivity contribution in [3.63, 3.8) is 0 Å². The molecule has 0 saturated heterocycles. The van der Waals surface area contributed by atoms with E-state index in [4.69, 9.17) is 5.73 Å². The first-order chi connectivity index (χ1) is 10.1. The molecule has 4 N–H and O–H groups in total. The lowest BCUT2D eigenvalue weighted by Crippen LogP contribution is -2.28. The SMILES string of the molecule is CC(N)c1ccc(NC(=O)NCc2ccccc2F)cc1. The first-order valence-corrected chi connectivity index (χ1v) is 6.70. The van der Waals surface area contributed by atoms with Gasteiger partial charge in [0.05, 0.1) is 0 Å². The van der Waals surface area contributed by atoms with Gasteiger partial charge in [-0.05, 0) is 30.7 Å². The molecule has 0 fully saturated rings. The zero-order valence-electron chi connectivity index (χ0n) is 11.8. The van der Waals surface area contributed by atoms with Crippen molar-refractivity contribution in [1.82, 2.24) is 5.32 Å². The molecule has 1 unspecified atom stereocenters.